The van der Waals surface area contributed by atoms with Gasteiger partial charge in [0, 0.05) is 6.20 Å². The van der Waals surface area contributed by atoms with Crippen molar-refractivity contribution in [2.24, 2.45) is 0 Å². The number of ketones is 1. The van der Waals surface area contributed by atoms with Gasteiger partial charge in [-0.05, 0) is 19.1 Å². The van der Waals surface area contributed by atoms with Crippen LogP contribution in [0.1, 0.15) is 6.92 Å². The molecule has 1 heterocycles. The fourth-order valence-corrected chi connectivity index (χ4v) is 1.38. The molecule has 0 amide bonds. The number of thioether (sulfide) groups is 1. The molecule has 0 aliphatic rings. The van der Waals surface area contributed by atoms with Crippen molar-refractivity contribution in [3.05, 3.63) is 23.4 Å². The minimum absolute atomic E-state index is 0.150. The zero-order chi connectivity index (χ0) is 8.97. The molecule has 0 aliphatic carbocycles. The van der Waals surface area contributed by atoms with Gasteiger partial charge in [-0.2, -0.15) is 0 Å². The fraction of sp³-hybridized carbons (Fsp3) is 0.250. The van der Waals surface area contributed by atoms with Crippen LogP contribution in [0.15, 0.2) is 23.4 Å². The Morgan fingerprint density at radius 1 is 1.67 bits per heavy atom. The average molecular weight is 202 g/mol. The maximum atomic E-state index is 10.6. The number of Topliss-reactive ketones (excluding diaryl/α,β-unsaturated/α-hetero) is 1. The van der Waals surface area contributed by atoms with Crippen molar-refractivity contribution in [1.82, 2.24) is 4.98 Å². The first-order valence-electron chi connectivity index (χ1n) is 3.42. The van der Waals surface area contributed by atoms with E-state index in [1.807, 2.05) is 0 Å². The van der Waals surface area contributed by atoms with Crippen molar-refractivity contribution in [2.75, 3.05) is 5.75 Å². The normalized spacial score (nSPS) is 9.83. The van der Waals surface area contributed by atoms with Crippen LogP contribution in [-0.2, 0) is 4.79 Å². The average Bonchev–Trinajstić information content (AvgIpc) is 2.03. The van der Waals surface area contributed by atoms with E-state index < -0.39 is 0 Å². The molecule has 4 heteroatoms. The number of halogens is 1. The molecule has 1 aromatic heterocycles. The summed E-state index contributed by atoms with van der Waals surface area (Å²) in [6, 6.07) is 3.56. The second kappa shape index (κ2) is 4.48. The third kappa shape index (κ3) is 3.24. The lowest BCUT2D eigenvalue weighted by molar-refractivity contribution is -0.114. The Morgan fingerprint density at radius 3 is 2.92 bits per heavy atom. The van der Waals surface area contributed by atoms with E-state index in [9.17, 15) is 4.79 Å². The Morgan fingerprint density at radius 2 is 2.42 bits per heavy atom. The SMILES string of the molecule is CC(=O)CSc1ccc(Cl)cn1. The highest BCUT2D eigenvalue weighted by molar-refractivity contribution is 7.99. The van der Waals surface area contributed by atoms with Gasteiger partial charge in [0.2, 0.25) is 0 Å². The van der Waals surface area contributed by atoms with Gasteiger partial charge in [0.25, 0.3) is 0 Å². The van der Waals surface area contributed by atoms with Crippen molar-refractivity contribution in [2.45, 2.75) is 11.9 Å². The molecule has 0 saturated heterocycles. The molecule has 1 aromatic rings. The van der Waals surface area contributed by atoms with Crippen LogP contribution in [-0.4, -0.2) is 16.5 Å². The van der Waals surface area contributed by atoms with Crippen LogP contribution >= 0.6 is 23.4 Å². The van der Waals surface area contributed by atoms with Gasteiger partial charge in [-0.3, -0.25) is 4.79 Å². The van der Waals surface area contributed by atoms with Crippen LogP contribution in [0.5, 0.6) is 0 Å². The first-order valence-corrected chi connectivity index (χ1v) is 4.78. The number of nitrogens with zero attached hydrogens (tertiary/aromatic N) is 1. The largest absolute Gasteiger partial charge is 0.299 e. The number of carbonyl (C=O) groups is 1. The van der Waals surface area contributed by atoms with E-state index in [1.54, 1.807) is 25.3 Å². The van der Waals surface area contributed by atoms with Crippen molar-refractivity contribution in [3.8, 4) is 0 Å². The molecule has 2 nitrogen and oxygen atoms in total. The summed E-state index contributed by atoms with van der Waals surface area (Å²) in [5.74, 6) is 0.617. The number of pyridine rings is 1. The van der Waals surface area contributed by atoms with Gasteiger partial charge in [0.15, 0.2) is 0 Å². The minimum atomic E-state index is 0.150. The molecule has 0 fully saturated rings. The van der Waals surface area contributed by atoms with Crippen LogP contribution in [0.2, 0.25) is 5.02 Å². The third-order valence-corrected chi connectivity index (χ3v) is 2.44. The Balaban J connectivity index is 2.53. The summed E-state index contributed by atoms with van der Waals surface area (Å²) in [4.78, 5) is 14.6. The summed E-state index contributed by atoms with van der Waals surface area (Å²) in [6.07, 6.45) is 1.57. The Bertz CT molecular complexity index is 273. The summed E-state index contributed by atoms with van der Waals surface area (Å²) in [5, 5.41) is 1.44. The zero-order valence-electron chi connectivity index (χ0n) is 6.58. The van der Waals surface area contributed by atoms with Gasteiger partial charge in [-0.25, -0.2) is 4.98 Å². The molecular formula is C8H8ClNOS. The van der Waals surface area contributed by atoms with Crippen LogP contribution in [0, 0.1) is 0 Å². The topological polar surface area (TPSA) is 30.0 Å². The molecule has 0 aliphatic heterocycles. The van der Waals surface area contributed by atoms with E-state index in [1.165, 1.54) is 11.8 Å². The van der Waals surface area contributed by atoms with Gasteiger partial charge in [-0.15, -0.1) is 0 Å². The molecule has 0 N–H and O–H groups in total. The van der Waals surface area contributed by atoms with Gasteiger partial charge in [-0.1, -0.05) is 23.4 Å². The van der Waals surface area contributed by atoms with E-state index in [0.717, 1.165) is 5.03 Å². The predicted octanol–water partition coefficient (Wildman–Crippen LogP) is 2.42. The zero-order valence-corrected chi connectivity index (χ0v) is 8.15. The molecule has 0 bridgehead atoms. The summed E-state index contributed by atoms with van der Waals surface area (Å²) >= 11 is 7.05. The minimum Gasteiger partial charge on any atom is -0.299 e. The number of aromatic nitrogens is 1. The second-order valence-corrected chi connectivity index (χ2v) is 3.74. The number of hydrogen-bond donors (Lipinski definition) is 0. The molecule has 0 saturated carbocycles. The van der Waals surface area contributed by atoms with E-state index in [2.05, 4.69) is 4.98 Å². The lowest BCUT2D eigenvalue weighted by atomic mass is 10.5. The summed E-state index contributed by atoms with van der Waals surface area (Å²) in [6.45, 7) is 1.56. The van der Waals surface area contributed by atoms with Crippen molar-refractivity contribution in [1.29, 1.82) is 0 Å². The first kappa shape index (κ1) is 9.55. The molecular weight excluding hydrogens is 194 g/mol. The molecule has 64 valence electrons. The maximum Gasteiger partial charge on any atom is 0.140 e. The van der Waals surface area contributed by atoms with E-state index in [0.29, 0.717) is 10.8 Å². The highest BCUT2D eigenvalue weighted by atomic mass is 35.5. The molecule has 12 heavy (non-hydrogen) atoms. The maximum absolute atomic E-state index is 10.6. The highest BCUT2D eigenvalue weighted by Crippen LogP contribution is 2.16. The van der Waals surface area contributed by atoms with Gasteiger partial charge < -0.3 is 0 Å². The molecule has 1 rings (SSSR count). The van der Waals surface area contributed by atoms with Crippen LogP contribution in [0.4, 0.5) is 0 Å². The lowest BCUT2D eigenvalue weighted by Gasteiger charge is -1.96. The number of rotatable bonds is 3. The van der Waals surface area contributed by atoms with Crippen LogP contribution in [0.25, 0.3) is 0 Å². The second-order valence-electron chi connectivity index (χ2n) is 2.31. The van der Waals surface area contributed by atoms with E-state index in [-0.39, 0.29) is 5.78 Å². The molecule has 0 aromatic carbocycles. The van der Waals surface area contributed by atoms with Crippen LogP contribution in [0.3, 0.4) is 0 Å². The summed E-state index contributed by atoms with van der Waals surface area (Å²) < 4.78 is 0. The van der Waals surface area contributed by atoms with Gasteiger partial charge in [0.05, 0.1) is 15.8 Å². The summed E-state index contributed by atoms with van der Waals surface area (Å²) in [7, 11) is 0. The molecule has 0 unspecified atom stereocenters. The molecule has 0 atom stereocenters. The Kier molecular flexibility index (Phi) is 3.56. The standard InChI is InChI=1S/C8H8ClNOS/c1-6(11)5-12-8-3-2-7(9)4-10-8/h2-4H,5H2,1H3. The van der Waals surface area contributed by atoms with Gasteiger partial charge >= 0.3 is 0 Å². The van der Waals surface area contributed by atoms with E-state index in [4.69, 9.17) is 11.6 Å². The highest BCUT2D eigenvalue weighted by Gasteiger charge is 1.97. The predicted molar refractivity (Wildman–Crippen MR) is 50.7 cm³/mol. The molecule has 0 spiro atoms. The first-order chi connectivity index (χ1) is 5.68. The molecule has 0 radical (unpaired) electrons. The van der Waals surface area contributed by atoms with Gasteiger partial charge in [0.1, 0.15) is 5.78 Å². The Hall–Kier alpha value is -0.540. The quantitative estimate of drug-likeness (QED) is 0.704. The van der Waals surface area contributed by atoms with Crippen molar-refractivity contribution < 1.29 is 4.79 Å². The Labute approximate surface area is 80.3 Å². The van der Waals surface area contributed by atoms with Crippen LogP contribution < -0.4 is 0 Å². The van der Waals surface area contributed by atoms with E-state index >= 15 is 0 Å². The lowest BCUT2D eigenvalue weighted by Crippen LogP contribution is -1.93. The fourth-order valence-electron chi connectivity index (χ4n) is 0.623. The van der Waals surface area contributed by atoms with Crippen molar-refractivity contribution >= 4 is 29.1 Å². The monoisotopic (exact) mass is 201 g/mol. The number of hydrogen-bond acceptors (Lipinski definition) is 3. The smallest absolute Gasteiger partial charge is 0.140 e. The summed E-state index contributed by atoms with van der Waals surface area (Å²) in [5.41, 5.74) is 0. The number of carbonyl (C=O) groups excluding carboxylic acids is 1. The third-order valence-electron chi connectivity index (χ3n) is 1.12. The van der Waals surface area contributed by atoms with Crippen molar-refractivity contribution in [3.63, 3.8) is 0 Å².